The van der Waals surface area contributed by atoms with Crippen molar-refractivity contribution in [3.8, 4) is 0 Å². The van der Waals surface area contributed by atoms with Gasteiger partial charge in [-0.05, 0) is 37.6 Å². The van der Waals surface area contributed by atoms with Gasteiger partial charge in [0.2, 0.25) is 0 Å². The highest BCUT2D eigenvalue weighted by molar-refractivity contribution is 7.17. The Hall–Kier alpha value is -2.22. The van der Waals surface area contributed by atoms with E-state index in [1.807, 2.05) is 13.8 Å². The molecule has 2 fully saturated rings. The van der Waals surface area contributed by atoms with Crippen molar-refractivity contribution in [2.75, 3.05) is 18.0 Å². The molecule has 120 valence electrons. The van der Waals surface area contributed by atoms with Crippen molar-refractivity contribution in [1.82, 2.24) is 20.6 Å². The summed E-state index contributed by atoms with van der Waals surface area (Å²) in [6, 6.07) is -0.410. The van der Waals surface area contributed by atoms with Crippen LogP contribution < -0.4 is 15.5 Å². The van der Waals surface area contributed by atoms with Crippen LogP contribution in [0.2, 0.25) is 0 Å². The number of fused-ring (bicyclic) bond motifs is 1. The Bertz CT molecular complexity index is 833. The summed E-state index contributed by atoms with van der Waals surface area (Å²) in [5, 5.41) is 8.29. The Kier molecular flexibility index (Phi) is 3.06. The topological polar surface area (TPSA) is 87.2 Å². The van der Waals surface area contributed by atoms with Gasteiger partial charge in [0.25, 0.3) is 5.91 Å². The number of nitrogens with one attached hydrogen (secondary N) is 2. The van der Waals surface area contributed by atoms with E-state index in [9.17, 15) is 9.59 Å². The number of urea groups is 1. The summed E-state index contributed by atoms with van der Waals surface area (Å²) in [5.41, 5.74) is 0.296. The van der Waals surface area contributed by atoms with Crippen LogP contribution in [-0.4, -0.2) is 40.5 Å². The van der Waals surface area contributed by atoms with Gasteiger partial charge in [0.1, 0.15) is 22.0 Å². The van der Waals surface area contributed by atoms with Crippen molar-refractivity contribution in [3.63, 3.8) is 0 Å². The molecule has 23 heavy (non-hydrogen) atoms. The molecule has 0 radical (unpaired) electrons. The maximum absolute atomic E-state index is 12.2. The normalized spacial score (nSPS) is 24.3. The lowest BCUT2D eigenvalue weighted by Crippen LogP contribution is -2.58. The number of nitrogens with zero attached hydrogens (tertiary/aromatic N) is 3. The molecular formula is C15H17N5O2S. The predicted octanol–water partition coefficient (Wildman–Crippen LogP) is 1.49. The van der Waals surface area contributed by atoms with Crippen LogP contribution in [0.4, 0.5) is 10.6 Å². The predicted molar refractivity (Wildman–Crippen MR) is 87.7 cm³/mol. The van der Waals surface area contributed by atoms with Crippen molar-refractivity contribution in [1.29, 1.82) is 0 Å². The molecule has 1 atom stereocenters. The highest BCUT2D eigenvalue weighted by Crippen LogP contribution is 2.35. The maximum atomic E-state index is 12.2. The van der Waals surface area contributed by atoms with E-state index in [-0.39, 0.29) is 5.91 Å². The van der Waals surface area contributed by atoms with Gasteiger partial charge in [-0.2, -0.15) is 0 Å². The molecule has 2 saturated heterocycles. The number of rotatable bonds is 1. The molecular weight excluding hydrogens is 314 g/mol. The molecule has 0 aliphatic carbocycles. The van der Waals surface area contributed by atoms with Gasteiger partial charge in [-0.15, -0.1) is 11.3 Å². The maximum Gasteiger partial charge on any atom is 0.322 e. The molecule has 2 aromatic rings. The van der Waals surface area contributed by atoms with Crippen molar-refractivity contribution >= 4 is 39.3 Å². The number of thiophene rings is 1. The number of aromatic nitrogens is 2. The minimum atomic E-state index is -0.843. The standard InChI is InChI=1S/C15H17N5O2S/c1-8-6-23-12-10(8)11(16-9(2)17-12)20-5-3-4-15(7-20)13(21)18-14(22)19-15/h6H,3-5,7H2,1-2H3,(H2,18,19,21,22). The minimum absolute atomic E-state index is 0.240. The summed E-state index contributed by atoms with van der Waals surface area (Å²) in [7, 11) is 0. The van der Waals surface area contributed by atoms with E-state index < -0.39 is 11.6 Å². The quantitative estimate of drug-likeness (QED) is 0.773. The fourth-order valence-electron chi connectivity index (χ4n) is 3.45. The molecule has 2 aliphatic rings. The average molecular weight is 331 g/mol. The summed E-state index contributed by atoms with van der Waals surface area (Å²) >= 11 is 1.60. The summed E-state index contributed by atoms with van der Waals surface area (Å²) in [6.45, 7) is 5.17. The second kappa shape index (κ2) is 4.89. The summed E-state index contributed by atoms with van der Waals surface area (Å²) in [5.74, 6) is 1.34. The van der Waals surface area contributed by atoms with Gasteiger partial charge < -0.3 is 10.2 Å². The highest BCUT2D eigenvalue weighted by atomic mass is 32.1. The molecule has 0 aromatic carbocycles. The number of carbonyl (C=O) groups excluding carboxylic acids is 2. The lowest BCUT2D eigenvalue weighted by atomic mass is 9.89. The van der Waals surface area contributed by atoms with Crippen molar-refractivity contribution in [2.24, 2.45) is 0 Å². The molecule has 0 bridgehead atoms. The smallest absolute Gasteiger partial charge is 0.322 e. The zero-order chi connectivity index (χ0) is 16.2. The number of imide groups is 1. The van der Waals surface area contributed by atoms with Crippen LogP contribution >= 0.6 is 11.3 Å². The van der Waals surface area contributed by atoms with E-state index in [2.05, 4.69) is 30.9 Å². The summed E-state index contributed by atoms with van der Waals surface area (Å²) in [4.78, 5) is 36.0. The van der Waals surface area contributed by atoms with Crippen molar-refractivity contribution < 1.29 is 9.59 Å². The number of hydrogen-bond acceptors (Lipinski definition) is 6. The Morgan fingerprint density at radius 2 is 2.13 bits per heavy atom. The average Bonchev–Trinajstić information content (AvgIpc) is 2.99. The second-order valence-corrected chi connectivity index (χ2v) is 7.07. The fourth-order valence-corrected chi connectivity index (χ4v) is 4.41. The molecule has 1 spiro atoms. The Balaban J connectivity index is 1.78. The van der Waals surface area contributed by atoms with E-state index in [1.54, 1.807) is 11.3 Å². The number of amides is 3. The third-order valence-electron chi connectivity index (χ3n) is 4.52. The van der Waals surface area contributed by atoms with E-state index in [0.29, 0.717) is 18.8 Å². The molecule has 8 heteroatoms. The number of anilines is 1. The monoisotopic (exact) mass is 331 g/mol. The Labute approximate surface area is 137 Å². The van der Waals surface area contributed by atoms with Gasteiger partial charge in [0.05, 0.1) is 11.9 Å². The number of carbonyl (C=O) groups is 2. The molecule has 0 saturated carbocycles. The molecule has 2 N–H and O–H groups in total. The zero-order valence-corrected chi connectivity index (χ0v) is 13.8. The lowest BCUT2D eigenvalue weighted by Gasteiger charge is -2.39. The van der Waals surface area contributed by atoms with Crippen LogP contribution in [0.15, 0.2) is 5.38 Å². The molecule has 3 amide bonds. The first-order chi connectivity index (χ1) is 11.0. The second-order valence-electron chi connectivity index (χ2n) is 6.21. The fraction of sp³-hybridized carbons (Fsp3) is 0.467. The number of aryl methyl sites for hydroxylation is 2. The van der Waals surface area contributed by atoms with Crippen LogP contribution in [0.1, 0.15) is 24.2 Å². The molecule has 2 aromatic heterocycles. The van der Waals surface area contributed by atoms with Crippen LogP contribution in [0, 0.1) is 13.8 Å². The third-order valence-corrected chi connectivity index (χ3v) is 5.51. The lowest BCUT2D eigenvalue weighted by molar-refractivity contribution is -0.124. The van der Waals surface area contributed by atoms with Crippen LogP contribution in [-0.2, 0) is 4.79 Å². The van der Waals surface area contributed by atoms with Crippen LogP contribution in [0.5, 0.6) is 0 Å². The van der Waals surface area contributed by atoms with Gasteiger partial charge in [-0.1, -0.05) is 0 Å². The van der Waals surface area contributed by atoms with Gasteiger partial charge in [-0.25, -0.2) is 14.8 Å². The molecule has 4 rings (SSSR count). The minimum Gasteiger partial charge on any atom is -0.353 e. The largest absolute Gasteiger partial charge is 0.353 e. The van der Waals surface area contributed by atoms with Crippen LogP contribution in [0.3, 0.4) is 0 Å². The molecule has 4 heterocycles. The van der Waals surface area contributed by atoms with E-state index in [0.717, 1.165) is 34.6 Å². The van der Waals surface area contributed by atoms with Crippen LogP contribution in [0.25, 0.3) is 10.2 Å². The Morgan fingerprint density at radius 3 is 2.87 bits per heavy atom. The zero-order valence-electron chi connectivity index (χ0n) is 13.0. The third kappa shape index (κ3) is 2.16. The van der Waals surface area contributed by atoms with E-state index in [1.165, 1.54) is 0 Å². The Morgan fingerprint density at radius 1 is 1.30 bits per heavy atom. The number of hydrogen-bond donors (Lipinski definition) is 2. The van der Waals surface area contributed by atoms with E-state index in [4.69, 9.17) is 0 Å². The van der Waals surface area contributed by atoms with Gasteiger partial charge in [-0.3, -0.25) is 10.1 Å². The SMILES string of the molecule is Cc1nc(N2CCCC3(C2)NC(=O)NC3=O)c2c(C)csc2n1. The summed E-state index contributed by atoms with van der Waals surface area (Å²) in [6.07, 6.45) is 1.47. The van der Waals surface area contributed by atoms with E-state index >= 15 is 0 Å². The van der Waals surface area contributed by atoms with Crippen molar-refractivity contribution in [3.05, 3.63) is 16.8 Å². The first-order valence-electron chi connectivity index (χ1n) is 7.59. The molecule has 1 unspecified atom stereocenters. The summed E-state index contributed by atoms with van der Waals surface area (Å²) < 4.78 is 0. The molecule has 7 nitrogen and oxygen atoms in total. The van der Waals surface area contributed by atoms with Gasteiger partial charge >= 0.3 is 6.03 Å². The van der Waals surface area contributed by atoms with Crippen molar-refractivity contribution in [2.45, 2.75) is 32.2 Å². The van der Waals surface area contributed by atoms with Gasteiger partial charge in [0.15, 0.2) is 0 Å². The molecule has 2 aliphatic heterocycles. The first-order valence-corrected chi connectivity index (χ1v) is 8.47. The van der Waals surface area contributed by atoms with Gasteiger partial charge in [0, 0.05) is 6.54 Å². The highest BCUT2D eigenvalue weighted by Gasteiger charge is 2.49. The number of piperidine rings is 1. The first kappa shape index (κ1) is 14.4.